The minimum atomic E-state index is -0.0272. The Morgan fingerprint density at radius 3 is 2.65 bits per heavy atom. The number of carbonyl (C=O) groups is 1. The molecule has 0 saturated carbocycles. The van der Waals surface area contributed by atoms with Gasteiger partial charge in [-0.2, -0.15) is 0 Å². The summed E-state index contributed by atoms with van der Waals surface area (Å²) < 4.78 is 6.44. The maximum Gasteiger partial charge on any atom is 0.196 e. The first-order valence-corrected chi connectivity index (χ1v) is 6.89. The van der Waals surface area contributed by atoms with E-state index in [2.05, 4.69) is 15.9 Å². The van der Waals surface area contributed by atoms with E-state index in [0.717, 1.165) is 10.0 Å². The lowest BCUT2D eigenvalue weighted by molar-refractivity contribution is 0.100. The number of phenolic OH excluding ortho intramolecular Hbond substituents is 1. The van der Waals surface area contributed by atoms with E-state index < -0.39 is 0 Å². The van der Waals surface area contributed by atoms with Crippen LogP contribution in [0.3, 0.4) is 0 Å². The molecule has 0 bridgehead atoms. The number of ketones is 1. The summed E-state index contributed by atoms with van der Waals surface area (Å²) in [5.41, 5.74) is 2.02. The summed E-state index contributed by atoms with van der Waals surface area (Å²) in [6.45, 7) is 0.258. The second kappa shape index (κ2) is 5.13. The highest BCUT2D eigenvalue weighted by atomic mass is 79.9. The molecule has 1 N–H and O–H groups in total. The van der Waals surface area contributed by atoms with Gasteiger partial charge in [-0.05, 0) is 42.0 Å². The van der Waals surface area contributed by atoms with Crippen LogP contribution in [0.2, 0.25) is 0 Å². The van der Waals surface area contributed by atoms with Crippen LogP contribution in [0.5, 0.6) is 11.5 Å². The first-order chi connectivity index (χ1) is 9.63. The first-order valence-electron chi connectivity index (χ1n) is 6.10. The molecule has 3 nitrogen and oxygen atoms in total. The summed E-state index contributed by atoms with van der Waals surface area (Å²) in [6, 6.07) is 12.1. The van der Waals surface area contributed by atoms with Gasteiger partial charge in [-0.3, -0.25) is 4.79 Å². The van der Waals surface area contributed by atoms with Gasteiger partial charge in [0.05, 0.1) is 5.56 Å². The highest BCUT2D eigenvalue weighted by molar-refractivity contribution is 9.10. The summed E-state index contributed by atoms with van der Waals surface area (Å²) >= 11 is 3.36. The van der Waals surface area contributed by atoms with Crippen molar-refractivity contribution in [3.8, 4) is 11.5 Å². The van der Waals surface area contributed by atoms with E-state index in [1.54, 1.807) is 42.5 Å². The van der Waals surface area contributed by atoms with E-state index in [1.165, 1.54) is 0 Å². The summed E-state index contributed by atoms with van der Waals surface area (Å²) in [5, 5.41) is 9.26. The van der Waals surface area contributed by atoms with Crippen molar-refractivity contribution in [2.45, 2.75) is 0 Å². The van der Waals surface area contributed by atoms with Gasteiger partial charge in [0.2, 0.25) is 0 Å². The Kier molecular flexibility index (Phi) is 3.32. The smallest absolute Gasteiger partial charge is 0.196 e. The zero-order valence-electron chi connectivity index (χ0n) is 10.5. The van der Waals surface area contributed by atoms with Gasteiger partial charge >= 0.3 is 0 Å². The molecule has 20 heavy (non-hydrogen) atoms. The van der Waals surface area contributed by atoms with E-state index in [9.17, 15) is 9.90 Å². The van der Waals surface area contributed by atoms with Gasteiger partial charge in [-0.15, -0.1) is 0 Å². The Hall–Kier alpha value is -2.07. The number of phenols is 1. The highest BCUT2D eigenvalue weighted by Crippen LogP contribution is 2.30. The predicted octanol–water partition coefficient (Wildman–Crippen LogP) is 3.81. The predicted molar refractivity (Wildman–Crippen MR) is 80.1 cm³/mol. The Bertz CT molecular complexity index is 702. The molecule has 100 valence electrons. The molecule has 3 rings (SSSR count). The molecule has 1 aliphatic rings. The number of hydrogen-bond acceptors (Lipinski definition) is 3. The lowest BCUT2D eigenvalue weighted by Gasteiger charge is -2.19. The molecular formula is C16H11BrO3. The fourth-order valence-electron chi connectivity index (χ4n) is 2.08. The molecule has 0 fully saturated rings. The molecule has 0 saturated heterocycles. The van der Waals surface area contributed by atoms with Crippen molar-refractivity contribution < 1.29 is 14.6 Å². The van der Waals surface area contributed by atoms with Crippen LogP contribution >= 0.6 is 15.9 Å². The number of halogens is 1. The minimum Gasteiger partial charge on any atom is -0.508 e. The summed E-state index contributed by atoms with van der Waals surface area (Å²) in [5.74, 6) is 0.786. The molecule has 0 aliphatic carbocycles. The second-order valence-electron chi connectivity index (χ2n) is 4.52. The van der Waals surface area contributed by atoms with Gasteiger partial charge < -0.3 is 9.84 Å². The van der Waals surface area contributed by atoms with E-state index in [0.29, 0.717) is 16.9 Å². The van der Waals surface area contributed by atoms with Crippen molar-refractivity contribution in [2.24, 2.45) is 0 Å². The molecule has 0 aromatic heterocycles. The van der Waals surface area contributed by atoms with Gasteiger partial charge in [0.25, 0.3) is 0 Å². The Balaban J connectivity index is 1.97. The largest absolute Gasteiger partial charge is 0.508 e. The number of carbonyl (C=O) groups excluding carboxylic acids is 1. The third-order valence-electron chi connectivity index (χ3n) is 3.10. The maximum atomic E-state index is 12.4. The molecule has 0 amide bonds. The fourth-order valence-corrected chi connectivity index (χ4v) is 2.44. The molecule has 0 radical (unpaired) electrons. The van der Waals surface area contributed by atoms with Gasteiger partial charge in [0.15, 0.2) is 5.78 Å². The van der Waals surface area contributed by atoms with Crippen molar-refractivity contribution in [1.29, 1.82) is 0 Å². The lowest BCUT2D eigenvalue weighted by atomic mass is 9.98. The maximum absolute atomic E-state index is 12.4. The number of hydrogen-bond donors (Lipinski definition) is 1. The molecule has 2 aromatic rings. The average Bonchev–Trinajstić information content (AvgIpc) is 2.45. The number of benzene rings is 2. The summed E-state index contributed by atoms with van der Waals surface area (Å²) in [6.07, 6.45) is 1.78. The zero-order chi connectivity index (χ0) is 14.1. The minimum absolute atomic E-state index is 0.0272. The van der Waals surface area contributed by atoms with Crippen LogP contribution in [0.4, 0.5) is 0 Å². The topological polar surface area (TPSA) is 46.5 Å². The Labute approximate surface area is 124 Å². The molecule has 1 aliphatic heterocycles. The van der Waals surface area contributed by atoms with Gasteiger partial charge in [-0.25, -0.2) is 0 Å². The van der Waals surface area contributed by atoms with E-state index in [-0.39, 0.29) is 18.1 Å². The first kappa shape index (κ1) is 12.9. The summed E-state index contributed by atoms with van der Waals surface area (Å²) in [7, 11) is 0. The van der Waals surface area contributed by atoms with Gasteiger partial charge in [0.1, 0.15) is 18.1 Å². The number of aromatic hydroxyl groups is 1. The second-order valence-corrected chi connectivity index (χ2v) is 5.44. The lowest BCUT2D eigenvalue weighted by Crippen LogP contribution is -2.18. The number of Topliss-reactive ketones (excluding diaryl/α,β-unsaturated/α-hetero) is 1. The van der Waals surface area contributed by atoms with Crippen LogP contribution < -0.4 is 4.74 Å². The molecule has 0 unspecified atom stereocenters. The van der Waals surface area contributed by atoms with Gasteiger partial charge in [-0.1, -0.05) is 28.1 Å². The third kappa shape index (κ3) is 2.47. The van der Waals surface area contributed by atoms with Crippen molar-refractivity contribution in [3.63, 3.8) is 0 Å². The van der Waals surface area contributed by atoms with Crippen LogP contribution in [0, 0.1) is 0 Å². The fraction of sp³-hybridized carbons (Fsp3) is 0.0625. The third-order valence-corrected chi connectivity index (χ3v) is 3.59. The number of fused-ring (bicyclic) bond motifs is 1. The Morgan fingerprint density at radius 1 is 1.15 bits per heavy atom. The summed E-state index contributed by atoms with van der Waals surface area (Å²) in [4.78, 5) is 12.4. The molecular weight excluding hydrogens is 320 g/mol. The molecule has 4 heteroatoms. The van der Waals surface area contributed by atoms with Gasteiger partial charge in [0, 0.05) is 10.0 Å². The van der Waals surface area contributed by atoms with Crippen LogP contribution in [-0.2, 0) is 0 Å². The van der Waals surface area contributed by atoms with E-state index in [4.69, 9.17) is 4.74 Å². The highest BCUT2D eigenvalue weighted by Gasteiger charge is 2.23. The zero-order valence-corrected chi connectivity index (χ0v) is 12.1. The normalized spacial score (nSPS) is 15.8. The van der Waals surface area contributed by atoms with E-state index >= 15 is 0 Å². The Morgan fingerprint density at radius 2 is 1.90 bits per heavy atom. The molecule has 1 heterocycles. The molecule has 0 atom stereocenters. The van der Waals surface area contributed by atoms with Crippen molar-refractivity contribution in [1.82, 2.24) is 0 Å². The van der Waals surface area contributed by atoms with Crippen LogP contribution in [0.15, 0.2) is 52.5 Å². The molecule has 0 spiro atoms. The monoisotopic (exact) mass is 330 g/mol. The standard InChI is InChI=1S/C16H11BrO3/c17-12-3-6-15-14(8-12)16(19)11(9-20-15)7-10-1-4-13(18)5-2-10/h1-8,18H,9H2/b11-7+. The van der Waals surface area contributed by atoms with Crippen LogP contribution in [0.1, 0.15) is 15.9 Å². The average molecular weight is 331 g/mol. The van der Waals surface area contributed by atoms with Crippen molar-refractivity contribution in [3.05, 3.63) is 63.6 Å². The number of ether oxygens (including phenoxy) is 1. The number of rotatable bonds is 1. The van der Waals surface area contributed by atoms with Crippen LogP contribution in [-0.4, -0.2) is 17.5 Å². The molecule has 2 aromatic carbocycles. The quantitative estimate of drug-likeness (QED) is 0.808. The van der Waals surface area contributed by atoms with Crippen LogP contribution in [0.25, 0.3) is 6.08 Å². The van der Waals surface area contributed by atoms with Crippen molar-refractivity contribution in [2.75, 3.05) is 6.61 Å². The van der Waals surface area contributed by atoms with E-state index in [1.807, 2.05) is 6.07 Å². The van der Waals surface area contributed by atoms with Crippen molar-refractivity contribution >= 4 is 27.8 Å². The SMILES string of the molecule is O=C1/C(=C/c2ccc(O)cc2)COc2ccc(Br)cc21.